The second-order valence-corrected chi connectivity index (χ2v) is 5.58. The second kappa shape index (κ2) is 6.50. The Kier molecular flexibility index (Phi) is 4.43. The molecule has 2 aromatic rings. The van der Waals surface area contributed by atoms with Crippen molar-refractivity contribution < 1.29 is 18.4 Å². The lowest BCUT2D eigenvalue weighted by Gasteiger charge is -2.33. The minimum Gasteiger partial charge on any atom is -0.370 e. The summed E-state index contributed by atoms with van der Waals surface area (Å²) in [5.74, 6) is 0.165. The summed E-state index contributed by atoms with van der Waals surface area (Å²) in [7, 11) is 0. The average molecular weight is 318 g/mol. The summed E-state index contributed by atoms with van der Waals surface area (Å²) >= 11 is 0. The molecule has 0 aliphatic carbocycles. The largest absolute Gasteiger partial charge is 0.370 e. The number of aromatic nitrogens is 1. The predicted octanol–water partition coefficient (Wildman–Crippen LogP) is 2.90. The standard InChI is InChI=1S/C17H19FN2O3/c1-3-14-16(11(2)23-19-14)17(21)20-8-9-22-15(10-20)12-4-6-13(18)7-5-12/h4-7,15H,3,8-10H2,1-2H3/t15-/m1/s1. The van der Waals surface area contributed by atoms with Gasteiger partial charge in [-0.05, 0) is 31.0 Å². The molecular weight excluding hydrogens is 299 g/mol. The van der Waals surface area contributed by atoms with E-state index in [4.69, 9.17) is 9.26 Å². The molecule has 0 bridgehead atoms. The molecule has 2 heterocycles. The molecule has 1 aliphatic heterocycles. The lowest BCUT2D eigenvalue weighted by Crippen LogP contribution is -2.42. The molecule has 0 radical (unpaired) electrons. The van der Waals surface area contributed by atoms with Gasteiger partial charge in [-0.15, -0.1) is 0 Å². The summed E-state index contributed by atoms with van der Waals surface area (Å²) in [6, 6.07) is 6.18. The van der Waals surface area contributed by atoms with E-state index in [2.05, 4.69) is 5.16 Å². The first-order chi connectivity index (χ1) is 11.1. The van der Waals surface area contributed by atoms with Gasteiger partial charge in [0.05, 0.1) is 18.8 Å². The SMILES string of the molecule is CCc1noc(C)c1C(=O)N1CCO[C@@H](c2ccc(F)cc2)C1. The highest BCUT2D eigenvalue weighted by molar-refractivity contribution is 5.96. The zero-order chi connectivity index (χ0) is 16.4. The molecule has 1 aliphatic rings. The van der Waals surface area contributed by atoms with Gasteiger partial charge in [-0.2, -0.15) is 0 Å². The van der Waals surface area contributed by atoms with E-state index in [1.165, 1.54) is 12.1 Å². The first-order valence-corrected chi connectivity index (χ1v) is 7.71. The Labute approximate surface area is 134 Å². The van der Waals surface area contributed by atoms with Gasteiger partial charge in [-0.25, -0.2) is 4.39 Å². The summed E-state index contributed by atoms with van der Waals surface area (Å²) in [4.78, 5) is 14.5. The molecule has 122 valence electrons. The van der Waals surface area contributed by atoms with Gasteiger partial charge >= 0.3 is 0 Å². The van der Waals surface area contributed by atoms with Gasteiger partial charge in [-0.3, -0.25) is 4.79 Å². The van der Waals surface area contributed by atoms with E-state index in [0.29, 0.717) is 43.1 Å². The van der Waals surface area contributed by atoms with Crippen LogP contribution in [0.2, 0.25) is 0 Å². The van der Waals surface area contributed by atoms with E-state index in [1.807, 2.05) is 6.92 Å². The van der Waals surface area contributed by atoms with Crippen LogP contribution in [0, 0.1) is 12.7 Å². The summed E-state index contributed by atoms with van der Waals surface area (Å²) in [5, 5.41) is 3.94. The number of hydrogen-bond donors (Lipinski definition) is 0. The van der Waals surface area contributed by atoms with Crippen LogP contribution in [0.5, 0.6) is 0 Å². The molecule has 1 aromatic heterocycles. The lowest BCUT2D eigenvalue weighted by atomic mass is 10.1. The maximum Gasteiger partial charge on any atom is 0.259 e. The van der Waals surface area contributed by atoms with Gasteiger partial charge in [0.2, 0.25) is 0 Å². The van der Waals surface area contributed by atoms with E-state index < -0.39 is 0 Å². The average Bonchev–Trinajstić information content (AvgIpc) is 2.95. The molecule has 1 amide bonds. The minimum atomic E-state index is -0.287. The molecule has 1 saturated heterocycles. The van der Waals surface area contributed by atoms with Gasteiger partial charge < -0.3 is 14.2 Å². The van der Waals surface area contributed by atoms with Crippen LogP contribution in [0.15, 0.2) is 28.8 Å². The second-order valence-electron chi connectivity index (χ2n) is 5.58. The third kappa shape index (κ3) is 3.12. The number of halogens is 1. The highest BCUT2D eigenvalue weighted by Crippen LogP contribution is 2.25. The van der Waals surface area contributed by atoms with E-state index in [9.17, 15) is 9.18 Å². The van der Waals surface area contributed by atoms with Crippen molar-refractivity contribution in [1.82, 2.24) is 10.1 Å². The quantitative estimate of drug-likeness (QED) is 0.873. The van der Waals surface area contributed by atoms with Crippen LogP contribution in [-0.4, -0.2) is 35.7 Å². The Morgan fingerprint density at radius 2 is 2.13 bits per heavy atom. The molecule has 1 atom stereocenters. The Morgan fingerprint density at radius 1 is 1.39 bits per heavy atom. The van der Waals surface area contributed by atoms with Crippen molar-refractivity contribution in [3.05, 3.63) is 52.7 Å². The van der Waals surface area contributed by atoms with Crippen molar-refractivity contribution in [3.8, 4) is 0 Å². The molecule has 1 aromatic carbocycles. The fourth-order valence-electron chi connectivity index (χ4n) is 2.80. The van der Waals surface area contributed by atoms with Crippen LogP contribution in [0.3, 0.4) is 0 Å². The van der Waals surface area contributed by atoms with Crippen molar-refractivity contribution in [2.75, 3.05) is 19.7 Å². The maximum absolute atomic E-state index is 13.0. The lowest BCUT2D eigenvalue weighted by molar-refractivity contribution is -0.0229. The molecule has 0 unspecified atom stereocenters. The summed E-state index contributed by atoms with van der Waals surface area (Å²) in [5.41, 5.74) is 2.09. The monoisotopic (exact) mass is 318 g/mol. The number of amides is 1. The number of aryl methyl sites for hydroxylation is 2. The van der Waals surface area contributed by atoms with Crippen LogP contribution < -0.4 is 0 Å². The number of rotatable bonds is 3. The fourth-order valence-corrected chi connectivity index (χ4v) is 2.80. The molecule has 1 fully saturated rings. The number of carbonyl (C=O) groups is 1. The van der Waals surface area contributed by atoms with Crippen molar-refractivity contribution >= 4 is 5.91 Å². The van der Waals surface area contributed by atoms with E-state index in [-0.39, 0.29) is 17.8 Å². The maximum atomic E-state index is 13.0. The Bertz CT molecular complexity index is 696. The molecule has 0 N–H and O–H groups in total. The van der Waals surface area contributed by atoms with Crippen LogP contribution in [-0.2, 0) is 11.2 Å². The third-order valence-corrected chi connectivity index (χ3v) is 4.08. The number of carbonyl (C=O) groups excluding carboxylic acids is 1. The topological polar surface area (TPSA) is 55.6 Å². The van der Waals surface area contributed by atoms with Crippen molar-refractivity contribution in [2.24, 2.45) is 0 Å². The number of ether oxygens (including phenoxy) is 1. The summed E-state index contributed by atoms with van der Waals surface area (Å²) < 4.78 is 23.9. The molecule has 6 heteroatoms. The molecule has 5 nitrogen and oxygen atoms in total. The van der Waals surface area contributed by atoms with Gasteiger partial charge in [0.1, 0.15) is 23.2 Å². The van der Waals surface area contributed by atoms with Crippen molar-refractivity contribution in [2.45, 2.75) is 26.4 Å². The van der Waals surface area contributed by atoms with Crippen LogP contribution in [0.1, 0.15) is 40.4 Å². The van der Waals surface area contributed by atoms with Crippen LogP contribution in [0.25, 0.3) is 0 Å². The molecular formula is C17H19FN2O3. The molecule has 0 saturated carbocycles. The number of nitrogens with zero attached hydrogens (tertiary/aromatic N) is 2. The Hall–Kier alpha value is -2.21. The van der Waals surface area contributed by atoms with Crippen LogP contribution in [0.4, 0.5) is 4.39 Å². The summed E-state index contributed by atoms with van der Waals surface area (Å²) in [6.45, 7) is 5.08. The smallest absolute Gasteiger partial charge is 0.259 e. The van der Waals surface area contributed by atoms with E-state index in [0.717, 1.165) is 5.56 Å². The van der Waals surface area contributed by atoms with Crippen LogP contribution >= 0.6 is 0 Å². The predicted molar refractivity (Wildman–Crippen MR) is 81.6 cm³/mol. The highest BCUT2D eigenvalue weighted by atomic mass is 19.1. The first-order valence-electron chi connectivity index (χ1n) is 7.71. The van der Waals surface area contributed by atoms with Gasteiger partial charge in [0, 0.05) is 6.54 Å². The van der Waals surface area contributed by atoms with Gasteiger partial charge in [-0.1, -0.05) is 24.2 Å². The zero-order valence-electron chi connectivity index (χ0n) is 13.2. The summed E-state index contributed by atoms with van der Waals surface area (Å²) in [6.07, 6.45) is 0.392. The molecule has 23 heavy (non-hydrogen) atoms. The van der Waals surface area contributed by atoms with E-state index in [1.54, 1.807) is 24.0 Å². The molecule has 0 spiro atoms. The normalized spacial score (nSPS) is 18.2. The van der Waals surface area contributed by atoms with Gasteiger partial charge in [0.15, 0.2) is 0 Å². The number of benzene rings is 1. The Balaban J connectivity index is 1.79. The highest BCUT2D eigenvalue weighted by Gasteiger charge is 2.29. The first kappa shape index (κ1) is 15.7. The molecule has 3 rings (SSSR count). The van der Waals surface area contributed by atoms with E-state index >= 15 is 0 Å². The minimum absolute atomic E-state index is 0.0870. The van der Waals surface area contributed by atoms with Crippen molar-refractivity contribution in [1.29, 1.82) is 0 Å². The van der Waals surface area contributed by atoms with Gasteiger partial charge in [0.25, 0.3) is 5.91 Å². The number of hydrogen-bond acceptors (Lipinski definition) is 4. The Morgan fingerprint density at radius 3 is 2.83 bits per heavy atom. The zero-order valence-corrected chi connectivity index (χ0v) is 13.2. The fraction of sp³-hybridized carbons (Fsp3) is 0.412. The van der Waals surface area contributed by atoms with Crippen molar-refractivity contribution in [3.63, 3.8) is 0 Å². The number of morpholine rings is 1. The third-order valence-electron chi connectivity index (χ3n) is 4.08.